The molecule has 1 aliphatic rings. The van der Waals surface area contributed by atoms with Crippen molar-refractivity contribution >= 4 is 38.8 Å². The summed E-state index contributed by atoms with van der Waals surface area (Å²) in [7, 11) is -3.87. The van der Waals surface area contributed by atoms with Crippen molar-refractivity contribution in [2.45, 2.75) is 24.8 Å². The normalized spacial score (nSPS) is 18.1. The maximum absolute atomic E-state index is 13.2. The minimum Gasteiger partial charge on any atom is -0.350 e. The fourth-order valence-electron chi connectivity index (χ4n) is 3.56. The van der Waals surface area contributed by atoms with Gasteiger partial charge in [-0.05, 0) is 37.6 Å². The van der Waals surface area contributed by atoms with Gasteiger partial charge in [0.25, 0.3) is 5.69 Å². The standard InChI is InChI=1S/C17H18ClN7O4S/c1-11-7-14(25(26)27)13(18)8-15(11)30(28,29)22-5-6-23(12(2)9-22)17-4-3-16-20-19-10-24(16)21-17/h3-4,7-8,10,12H,5-6,9H2,1-2H3. The Bertz CT molecular complexity index is 1250. The number of hydrogen-bond acceptors (Lipinski definition) is 8. The molecule has 13 heteroatoms. The molecule has 0 spiro atoms. The van der Waals surface area contributed by atoms with Gasteiger partial charge in [-0.1, -0.05) is 11.6 Å². The van der Waals surface area contributed by atoms with Crippen LogP contribution < -0.4 is 4.90 Å². The minimum atomic E-state index is -3.87. The number of anilines is 1. The third-order valence-electron chi connectivity index (χ3n) is 5.09. The van der Waals surface area contributed by atoms with Crippen LogP contribution in [-0.4, -0.2) is 63.1 Å². The lowest BCUT2D eigenvalue weighted by Crippen LogP contribution is -2.54. The van der Waals surface area contributed by atoms with Gasteiger partial charge in [0.05, 0.1) is 9.82 Å². The van der Waals surface area contributed by atoms with Gasteiger partial charge in [-0.15, -0.1) is 15.3 Å². The largest absolute Gasteiger partial charge is 0.350 e. The van der Waals surface area contributed by atoms with Crippen LogP contribution in [0.5, 0.6) is 0 Å². The number of hydrogen-bond donors (Lipinski definition) is 0. The highest BCUT2D eigenvalue weighted by Crippen LogP contribution is 2.32. The second-order valence-electron chi connectivity index (χ2n) is 7.06. The Morgan fingerprint density at radius 3 is 2.73 bits per heavy atom. The molecule has 158 valence electrons. The lowest BCUT2D eigenvalue weighted by Gasteiger charge is -2.39. The number of rotatable bonds is 4. The molecule has 1 atom stereocenters. The van der Waals surface area contributed by atoms with Gasteiger partial charge in [0.2, 0.25) is 10.0 Å². The summed E-state index contributed by atoms with van der Waals surface area (Å²) >= 11 is 5.96. The third-order valence-corrected chi connectivity index (χ3v) is 7.40. The molecule has 0 radical (unpaired) electrons. The number of nitrogens with zero attached hydrogens (tertiary/aromatic N) is 7. The number of nitro benzene ring substituents is 1. The van der Waals surface area contributed by atoms with Gasteiger partial charge < -0.3 is 4.90 Å². The van der Waals surface area contributed by atoms with Crippen LogP contribution in [0.4, 0.5) is 11.5 Å². The summed E-state index contributed by atoms with van der Waals surface area (Å²) in [6.45, 7) is 4.34. The minimum absolute atomic E-state index is 0.0252. The van der Waals surface area contributed by atoms with E-state index in [1.165, 1.54) is 23.6 Å². The fraction of sp³-hybridized carbons (Fsp3) is 0.353. The van der Waals surface area contributed by atoms with Gasteiger partial charge >= 0.3 is 0 Å². The molecular formula is C17H18ClN7O4S. The number of sulfonamides is 1. The Morgan fingerprint density at radius 2 is 2.03 bits per heavy atom. The monoisotopic (exact) mass is 451 g/mol. The summed E-state index contributed by atoms with van der Waals surface area (Å²) < 4.78 is 29.4. The zero-order chi connectivity index (χ0) is 21.6. The molecule has 0 aliphatic carbocycles. The van der Waals surface area contributed by atoms with Crippen molar-refractivity contribution in [3.8, 4) is 0 Å². The van der Waals surface area contributed by atoms with Crippen molar-refractivity contribution in [1.29, 1.82) is 0 Å². The number of fused-ring (bicyclic) bond motifs is 1. The van der Waals surface area contributed by atoms with E-state index in [9.17, 15) is 18.5 Å². The molecule has 2 aromatic heterocycles. The predicted molar refractivity (Wildman–Crippen MR) is 109 cm³/mol. The van der Waals surface area contributed by atoms with Crippen LogP contribution >= 0.6 is 11.6 Å². The van der Waals surface area contributed by atoms with Crippen molar-refractivity contribution in [3.63, 3.8) is 0 Å². The quantitative estimate of drug-likeness (QED) is 0.434. The van der Waals surface area contributed by atoms with E-state index in [1.54, 1.807) is 10.6 Å². The van der Waals surface area contributed by atoms with E-state index in [4.69, 9.17) is 11.6 Å². The fourth-order valence-corrected chi connectivity index (χ4v) is 5.60. The van der Waals surface area contributed by atoms with E-state index in [0.29, 0.717) is 18.0 Å². The van der Waals surface area contributed by atoms with E-state index < -0.39 is 14.9 Å². The molecular weight excluding hydrogens is 434 g/mol. The number of aromatic nitrogens is 4. The first-order valence-corrected chi connectivity index (χ1v) is 10.9. The highest BCUT2D eigenvalue weighted by Gasteiger charge is 2.34. The van der Waals surface area contributed by atoms with Crippen molar-refractivity contribution in [3.05, 3.63) is 51.3 Å². The first-order chi connectivity index (χ1) is 14.2. The molecule has 3 aromatic rings. The molecule has 0 saturated carbocycles. The van der Waals surface area contributed by atoms with Gasteiger partial charge in [0, 0.05) is 31.7 Å². The Balaban J connectivity index is 1.59. The number of nitro groups is 1. The molecule has 0 bridgehead atoms. The Morgan fingerprint density at radius 1 is 1.27 bits per heavy atom. The van der Waals surface area contributed by atoms with E-state index in [0.717, 1.165) is 6.07 Å². The predicted octanol–water partition coefficient (Wildman–Crippen LogP) is 1.89. The average Bonchev–Trinajstić information content (AvgIpc) is 3.16. The topological polar surface area (TPSA) is 127 Å². The van der Waals surface area contributed by atoms with Crippen molar-refractivity contribution in [2.24, 2.45) is 0 Å². The van der Waals surface area contributed by atoms with Crippen molar-refractivity contribution in [2.75, 3.05) is 24.5 Å². The Labute approximate surface area is 177 Å². The van der Waals surface area contributed by atoms with Crippen LogP contribution in [0.15, 0.2) is 35.5 Å². The lowest BCUT2D eigenvalue weighted by atomic mass is 10.2. The van der Waals surface area contributed by atoms with Gasteiger partial charge in [-0.3, -0.25) is 10.1 Å². The van der Waals surface area contributed by atoms with Crippen LogP contribution in [0.2, 0.25) is 5.02 Å². The zero-order valence-electron chi connectivity index (χ0n) is 16.1. The van der Waals surface area contributed by atoms with Crippen LogP contribution in [0.3, 0.4) is 0 Å². The molecule has 1 aromatic carbocycles. The second-order valence-corrected chi connectivity index (χ2v) is 9.37. The molecule has 1 fully saturated rings. The summed E-state index contributed by atoms with van der Waals surface area (Å²) in [6, 6.07) is 5.82. The highest BCUT2D eigenvalue weighted by molar-refractivity contribution is 7.89. The Hall–Kier alpha value is -2.83. The molecule has 30 heavy (non-hydrogen) atoms. The molecule has 1 saturated heterocycles. The van der Waals surface area contributed by atoms with Crippen LogP contribution in [0.25, 0.3) is 5.65 Å². The second kappa shape index (κ2) is 7.45. The van der Waals surface area contributed by atoms with E-state index in [2.05, 4.69) is 15.3 Å². The van der Waals surface area contributed by atoms with Gasteiger partial charge in [-0.2, -0.15) is 8.82 Å². The van der Waals surface area contributed by atoms with Crippen molar-refractivity contribution < 1.29 is 13.3 Å². The Kier molecular flexibility index (Phi) is 5.08. The maximum Gasteiger partial charge on any atom is 0.288 e. The van der Waals surface area contributed by atoms with Crippen LogP contribution in [0, 0.1) is 17.0 Å². The summed E-state index contributed by atoms with van der Waals surface area (Å²) in [5.74, 6) is 0.696. The molecule has 1 unspecified atom stereocenters. The average molecular weight is 452 g/mol. The molecule has 3 heterocycles. The third kappa shape index (κ3) is 3.46. The SMILES string of the molecule is Cc1cc([N+](=O)[O-])c(Cl)cc1S(=O)(=O)N1CCN(c2ccc3nncn3n2)C(C)C1. The first-order valence-electron chi connectivity index (χ1n) is 9.07. The zero-order valence-corrected chi connectivity index (χ0v) is 17.7. The van der Waals surface area contributed by atoms with Crippen LogP contribution in [-0.2, 0) is 10.0 Å². The number of aryl methyl sites for hydroxylation is 1. The smallest absolute Gasteiger partial charge is 0.288 e. The van der Waals surface area contributed by atoms with Gasteiger partial charge in [0.1, 0.15) is 17.2 Å². The summed E-state index contributed by atoms with van der Waals surface area (Å²) in [4.78, 5) is 12.4. The summed E-state index contributed by atoms with van der Waals surface area (Å²) in [5, 5.41) is 23.1. The van der Waals surface area contributed by atoms with Gasteiger partial charge in [0.15, 0.2) is 5.65 Å². The highest BCUT2D eigenvalue weighted by atomic mass is 35.5. The molecule has 0 amide bonds. The van der Waals surface area contributed by atoms with E-state index in [-0.39, 0.29) is 40.3 Å². The summed E-state index contributed by atoms with van der Waals surface area (Å²) in [6.07, 6.45) is 1.51. The molecule has 0 N–H and O–H groups in total. The maximum atomic E-state index is 13.2. The van der Waals surface area contributed by atoms with Gasteiger partial charge in [-0.25, -0.2) is 8.42 Å². The van der Waals surface area contributed by atoms with Crippen molar-refractivity contribution in [1.82, 2.24) is 24.1 Å². The summed E-state index contributed by atoms with van der Waals surface area (Å²) in [5.41, 5.74) is 0.584. The van der Waals surface area contributed by atoms with E-state index >= 15 is 0 Å². The number of halogens is 1. The lowest BCUT2D eigenvalue weighted by molar-refractivity contribution is -0.384. The number of benzene rings is 1. The molecule has 4 rings (SSSR count). The molecule has 11 nitrogen and oxygen atoms in total. The van der Waals surface area contributed by atoms with Crippen LogP contribution in [0.1, 0.15) is 12.5 Å². The first kappa shape index (κ1) is 20.4. The molecule has 1 aliphatic heterocycles. The number of piperazine rings is 1. The van der Waals surface area contributed by atoms with E-state index in [1.807, 2.05) is 17.9 Å².